The van der Waals surface area contributed by atoms with Gasteiger partial charge >= 0.3 is 0 Å². The summed E-state index contributed by atoms with van der Waals surface area (Å²) < 4.78 is 0. The van der Waals surface area contributed by atoms with Crippen molar-refractivity contribution in [3.63, 3.8) is 0 Å². The lowest BCUT2D eigenvalue weighted by molar-refractivity contribution is 0.631. The number of hydrogen-bond donors (Lipinski definition) is 0. The van der Waals surface area contributed by atoms with E-state index in [9.17, 15) is 0 Å². The van der Waals surface area contributed by atoms with Crippen LogP contribution in [0, 0.1) is 5.92 Å². The van der Waals surface area contributed by atoms with Gasteiger partial charge in [-0.3, -0.25) is 0 Å². The van der Waals surface area contributed by atoms with Crippen LogP contribution in [0.2, 0.25) is 0 Å². The fourth-order valence-electron chi connectivity index (χ4n) is 2.74. The summed E-state index contributed by atoms with van der Waals surface area (Å²) in [6.45, 7) is 0. The van der Waals surface area contributed by atoms with Gasteiger partial charge in [-0.2, -0.15) is 0 Å². The van der Waals surface area contributed by atoms with Crippen LogP contribution in [0.15, 0.2) is 95.6 Å². The van der Waals surface area contributed by atoms with Gasteiger partial charge in [0.25, 0.3) is 0 Å². The first-order chi connectivity index (χ1) is 8.92. The average molecular weight is 231 g/mol. The van der Waals surface area contributed by atoms with Crippen LogP contribution in [-0.2, 0) is 0 Å². The van der Waals surface area contributed by atoms with Crippen LogP contribution >= 0.6 is 0 Å². The van der Waals surface area contributed by atoms with Crippen molar-refractivity contribution in [1.29, 1.82) is 0 Å². The molecule has 1 unspecified atom stereocenters. The Labute approximate surface area is 107 Å². The SMILES string of the molecule is C1=CC2=CC3=C4C=CC=CC4C=CC3=CN2C=C1. The van der Waals surface area contributed by atoms with Gasteiger partial charge in [0.15, 0.2) is 0 Å². The van der Waals surface area contributed by atoms with Gasteiger partial charge < -0.3 is 4.90 Å². The van der Waals surface area contributed by atoms with Crippen LogP contribution in [0.1, 0.15) is 0 Å². The van der Waals surface area contributed by atoms with Gasteiger partial charge in [-0.25, -0.2) is 0 Å². The van der Waals surface area contributed by atoms with Crippen molar-refractivity contribution in [2.45, 2.75) is 0 Å². The second kappa shape index (κ2) is 3.61. The second-order valence-corrected chi connectivity index (χ2v) is 4.76. The zero-order chi connectivity index (χ0) is 11.9. The third-order valence-corrected chi connectivity index (χ3v) is 3.66. The molecule has 0 saturated carbocycles. The Balaban J connectivity index is 1.89. The van der Waals surface area contributed by atoms with E-state index in [0.717, 1.165) is 0 Å². The predicted molar refractivity (Wildman–Crippen MR) is 74.2 cm³/mol. The van der Waals surface area contributed by atoms with Gasteiger partial charge in [0, 0.05) is 24.0 Å². The minimum atomic E-state index is 0.439. The van der Waals surface area contributed by atoms with Crippen LogP contribution in [0.25, 0.3) is 0 Å². The molecule has 2 aliphatic heterocycles. The molecule has 18 heavy (non-hydrogen) atoms. The molecule has 0 aromatic rings. The largest absolute Gasteiger partial charge is 0.323 e. The maximum atomic E-state index is 2.28. The molecule has 2 heterocycles. The molecule has 0 spiro atoms. The molecule has 0 N–H and O–H groups in total. The normalized spacial score (nSPS) is 26.7. The quantitative estimate of drug-likeness (QED) is 0.613. The monoisotopic (exact) mass is 231 g/mol. The van der Waals surface area contributed by atoms with E-state index in [-0.39, 0.29) is 0 Å². The molecule has 4 aliphatic rings. The van der Waals surface area contributed by atoms with E-state index in [1.54, 1.807) is 0 Å². The predicted octanol–water partition coefficient (Wildman–Crippen LogP) is 3.76. The van der Waals surface area contributed by atoms with E-state index < -0.39 is 0 Å². The minimum Gasteiger partial charge on any atom is -0.323 e. The molecule has 2 aliphatic carbocycles. The highest BCUT2D eigenvalue weighted by Gasteiger charge is 2.22. The highest BCUT2D eigenvalue weighted by molar-refractivity contribution is 5.62. The van der Waals surface area contributed by atoms with Gasteiger partial charge in [0.1, 0.15) is 0 Å². The van der Waals surface area contributed by atoms with Crippen LogP contribution in [0.4, 0.5) is 0 Å². The zero-order valence-corrected chi connectivity index (χ0v) is 9.95. The third-order valence-electron chi connectivity index (χ3n) is 3.66. The molecule has 0 aromatic heterocycles. The van der Waals surface area contributed by atoms with E-state index in [1.165, 1.54) is 22.4 Å². The molecule has 0 bridgehead atoms. The van der Waals surface area contributed by atoms with E-state index in [4.69, 9.17) is 0 Å². The van der Waals surface area contributed by atoms with E-state index in [0.29, 0.717) is 5.92 Å². The molecule has 0 amide bonds. The molecule has 1 nitrogen and oxygen atoms in total. The summed E-state index contributed by atoms with van der Waals surface area (Å²) >= 11 is 0. The first kappa shape index (κ1) is 9.72. The first-order valence-corrected chi connectivity index (χ1v) is 6.26. The van der Waals surface area contributed by atoms with Gasteiger partial charge in [0.05, 0.1) is 0 Å². The fraction of sp³-hybridized carbons (Fsp3) is 0.0588. The second-order valence-electron chi connectivity index (χ2n) is 4.76. The summed E-state index contributed by atoms with van der Waals surface area (Å²) in [4.78, 5) is 2.17. The van der Waals surface area contributed by atoms with Crippen molar-refractivity contribution >= 4 is 0 Å². The van der Waals surface area contributed by atoms with Crippen molar-refractivity contribution in [1.82, 2.24) is 4.90 Å². The van der Waals surface area contributed by atoms with Crippen LogP contribution in [0.5, 0.6) is 0 Å². The molecule has 1 heteroatoms. The lowest BCUT2D eigenvalue weighted by Gasteiger charge is -2.30. The zero-order valence-electron chi connectivity index (χ0n) is 9.95. The Morgan fingerprint density at radius 1 is 0.889 bits per heavy atom. The highest BCUT2D eigenvalue weighted by Crippen LogP contribution is 2.37. The van der Waals surface area contributed by atoms with E-state index in [1.807, 2.05) is 0 Å². The number of hydrogen-bond acceptors (Lipinski definition) is 1. The number of rotatable bonds is 0. The molecule has 0 aromatic carbocycles. The Bertz CT molecular complexity index is 639. The molecule has 0 radical (unpaired) electrons. The molecule has 86 valence electrons. The summed E-state index contributed by atoms with van der Waals surface area (Å²) in [5.41, 5.74) is 5.29. The molecule has 1 atom stereocenters. The summed E-state index contributed by atoms with van der Waals surface area (Å²) in [6.07, 6.45) is 26.1. The third kappa shape index (κ3) is 1.34. The molecular weight excluding hydrogens is 218 g/mol. The van der Waals surface area contributed by atoms with Gasteiger partial charge in [0.2, 0.25) is 0 Å². The molecule has 4 rings (SSSR count). The van der Waals surface area contributed by atoms with E-state index in [2.05, 4.69) is 78.1 Å². The van der Waals surface area contributed by atoms with Crippen molar-refractivity contribution in [2.24, 2.45) is 5.92 Å². The summed E-state index contributed by atoms with van der Waals surface area (Å²) in [5, 5.41) is 0. The minimum absolute atomic E-state index is 0.439. The van der Waals surface area contributed by atoms with Crippen LogP contribution in [0.3, 0.4) is 0 Å². The smallest absolute Gasteiger partial charge is 0.0455 e. The molecular formula is C17H13N. The van der Waals surface area contributed by atoms with Crippen molar-refractivity contribution in [2.75, 3.05) is 0 Å². The standard InChI is InChI=1S/C17H13N/c1-2-7-16-13(5-1)8-9-14-12-18-10-4-3-6-15(18)11-17(14)16/h1-13H. The van der Waals surface area contributed by atoms with Gasteiger partial charge in [-0.15, -0.1) is 0 Å². The van der Waals surface area contributed by atoms with Crippen LogP contribution in [-0.4, -0.2) is 4.90 Å². The average Bonchev–Trinajstić information content (AvgIpc) is 2.45. The number of allylic oxidation sites excluding steroid dienone is 13. The Morgan fingerprint density at radius 3 is 2.83 bits per heavy atom. The topological polar surface area (TPSA) is 3.24 Å². The number of fused-ring (bicyclic) bond motifs is 3. The van der Waals surface area contributed by atoms with Gasteiger partial charge in [-0.05, 0) is 34.9 Å². The van der Waals surface area contributed by atoms with Crippen molar-refractivity contribution in [3.05, 3.63) is 95.6 Å². The summed E-state index contributed by atoms with van der Waals surface area (Å²) in [6, 6.07) is 0. The maximum absolute atomic E-state index is 2.28. The van der Waals surface area contributed by atoms with Crippen molar-refractivity contribution < 1.29 is 0 Å². The maximum Gasteiger partial charge on any atom is 0.0455 e. The Hall–Kier alpha value is -2.28. The lowest BCUT2D eigenvalue weighted by atomic mass is 9.81. The summed E-state index contributed by atoms with van der Waals surface area (Å²) in [5.74, 6) is 0.439. The number of nitrogens with zero attached hydrogens (tertiary/aromatic N) is 1. The first-order valence-electron chi connectivity index (χ1n) is 6.26. The molecule has 0 saturated heterocycles. The van der Waals surface area contributed by atoms with Crippen molar-refractivity contribution in [3.8, 4) is 0 Å². The Kier molecular flexibility index (Phi) is 1.95. The fourth-order valence-corrected chi connectivity index (χ4v) is 2.74. The molecule has 0 fully saturated rings. The van der Waals surface area contributed by atoms with Crippen LogP contribution < -0.4 is 0 Å². The van der Waals surface area contributed by atoms with E-state index >= 15 is 0 Å². The Morgan fingerprint density at radius 2 is 1.83 bits per heavy atom. The van der Waals surface area contributed by atoms with Gasteiger partial charge in [-0.1, -0.05) is 42.5 Å². The summed E-state index contributed by atoms with van der Waals surface area (Å²) in [7, 11) is 0. The lowest BCUT2D eigenvalue weighted by Crippen LogP contribution is -2.18. The highest BCUT2D eigenvalue weighted by atomic mass is 15.1.